The largest absolute Gasteiger partial charge is 0.0902 e. The molecule has 0 saturated heterocycles. The molecule has 0 saturated carbocycles. The Morgan fingerprint density at radius 2 is 1.20 bits per heavy atom. The van der Waals surface area contributed by atoms with Crippen molar-refractivity contribution < 1.29 is 0 Å². The summed E-state index contributed by atoms with van der Waals surface area (Å²) in [6.45, 7) is 16.2. The van der Waals surface area contributed by atoms with E-state index in [0.717, 1.165) is 20.3 Å². The molecule has 2 aromatic rings. The normalized spacial score (nSPS) is 10.4. The Hall–Kier alpha value is -1.52. The first kappa shape index (κ1) is 10.0. The molecule has 0 amide bonds. The molecule has 0 fully saturated rings. The first-order chi connectivity index (χ1) is 7.13. The van der Waals surface area contributed by atoms with Crippen molar-refractivity contribution >= 4 is 33.8 Å². The summed E-state index contributed by atoms with van der Waals surface area (Å²) < 4.78 is 0. The average Bonchev–Trinajstić information content (AvgIpc) is 2.45. The van der Waals surface area contributed by atoms with Crippen molar-refractivity contribution in [2.45, 2.75) is 0 Å². The summed E-state index contributed by atoms with van der Waals surface area (Å²) in [5, 5.41) is 3.22. The van der Waals surface area contributed by atoms with Crippen LogP contribution < -0.4 is 20.3 Å². The predicted molar refractivity (Wildman–Crippen MR) is 71.1 cm³/mol. The van der Waals surface area contributed by atoms with Crippen molar-refractivity contribution in [1.82, 2.24) is 0 Å². The Morgan fingerprint density at radius 3 is 1.67 bits per heavy atom. The number of hydrogen-bond donors (Lipinski definition) is 0. The van der Waals surface area contributed by atoms with E-state index in [-0.39, 0.29) is 0 Å². The van der Waals surface area contributed by atoms with Gasteiger partial charge in [-0.2, -0.15) is 0 Å². The molecule has 0 radical (unpaired) electrons. The molecule has 0 aliphatic rings. The summed E-state index contributed by atoms with van der Waals surface area (Å²) in [5.74, 6) is 0. The molecular weight excluding hydrogens is 199 g/mol. The van der Waals surface area contributed by atoms with Gasteiger partial charge in [0.15, 0.2) is 0 Å². The molecule has 0 atom stereocenters. The van der Waals surface area contributed by atoms with Crippen molar-refractivity contribution in [2.24, 2.45) is 0 Å². The molecule has 15 heavy (non-hydrogen) atoms. The van der Waals surface area contributed by atoms with Crippen LogP contribution in [0.4, 0.5) is 0 Å². The summed E-state index contributed by atoms with van der Waals surface area (Å²) in [4.78, 5) is 2.18. The molecule has 0 nitrogen and oxygen atoms in total. The second-order valence-electron chi connectivity index (χ2n) is 3.52. The van der Waals surface area contributed by atoms with Gasteiger partial charge in [-0.05, 0) is 25.6 Å². The molecule has 2 rings (SSSR count). The SMILES string of the molecule is C=c1c(=C)c(=C)p(-c2ccccc2)c1=C. The molecule has 1 heterocycles. The van der Waals surface area contributed by atoms with Crippen molar-refractivity contribution in [3.05, 3.63) is 50.7 Å². The van der Waals surface area contributed by atoms with Gasteiger partial charge in [0.25, 0.3) is 0 Å². The standard InChI is InChI=1S/C14H13P/c1-10-11(2)13(4)15(12(10)3)14-8-6-5-7-9-14/h5-9H,1-4H2. The van der Waals surface area contributed by atoms with Crippen LogP contribution in [0.1, 0.15) is 0 Å². The average molecular weight is 212 g/mol. The van der Waals surface area contributed by atoms with Crippen molar-refractivity contribution in [1.29, 1.82) is 0 Å². The molecule has 0 aliphatic heterocycles. The maximum atomic E-state index is 4.10. The Labute approximate surface area is 90.3 Å². The predicted octanol–water partition coefficient (Wildman–Crippen LogP) is 1.30. The fraction of sp³-hybridized carbons (Fsp3) is 0. The first-order valence-corrected chi connectivity index (χ1v) is 6.09. The van der Waals surface area contributed by atoms with Crippen LogP contribution in [-0.4, -0.2) is 0 Å². The van der Waals surface area contributed by atoms with E-state index in [4.69, 9.17) is 0 Å². The topological polar surface area (TPSA) is 0 Å². The van der Waals surface area contributed by atoms with E-state index in [9.17, 15) is 0 Å². The van der Waals surface area contributed by atoms with E-state index in [1.165, 1.54) is 5.30 Å². The molecule has 0 N–H and O–H groups in total. The second kappa shape index (κ2) is 3.56. The van der Waals surface area contributed by atoms with E-state index < -0.39 is 7.53 Å². The van der Waals surface area contributed by atoms with Crippen LogP contribution in [0.2, 0.25) is 0 Å². The lowest BCUT2D eigenvalue weighted by molar-refractivity contribution is 1.63. The van der Waals surface area contributed by atoms with Crippen molar-refractivity contribution in [2.75, 3.05) is 0 Å². The highest BCUT2D eigenvalue weighted by molar-refractivity contribution is 7.55. The Bertz CT molecular complexity index is 636. The number of rotatable bonds is 1. The van der Waals surface area contributed by atoms with Crippen LogP contribution in [0.25, 0.3) is 31.6 Å². The van der Waals surface area contributed by atoms with E-state index in [0.29, 0.717) is 0 Å². The molecule has 74 valence electrons. The van der Waals surface area contributed by atoms with Gasteiger partial charge in [-0.25, -0.2) is 0 Å². The molecule has 1 heteroatoms. The van der Waals surface area contributed by atoms with Gasteiger partial charge < -0.3 is 0 Å². The van der Waals surface area contributed by atoms with E-state index in [2.05, 4.69) is 38.4 Å². The van der Waals surface area contributed by atoms with Gasteiger partial charge in [-0.3, -0.25) is 0 Å². The quantitative estimate of drug-likeness (QED) is 0.668. The minimum Gasteiger partial charge on any atom is -0.0902 e. The first-order valence-electron chi connectivity index (χ1n) is 4.75. The van der Waals surface area contributed by atoms with Crippen LogP contribution in [0.15, 0.2) is 30.3 Å². The van der Waals surface area contributed by atoms with E-state index in [1.807, 2.05) is 18.2 Å². The lowest BCUT2D eigenvalue weighted by Gasteiger charge is -1.98. The summed E-state index contributed by atoms with van der Waals surface area (Å²) in [6.07, 6.45) is 0. The molecule has 0 spiro atoms. The number of benzene rings is 1. The highest BCUT2D eigenvalue weighted by atomic mass is 31.1. The fourth-order valence-electron chi connectivity index (χ4n) is 1.67. The zero-order valence-corrected chi connectivity index (χ0v) is 9.56. The third kappa shape index (κ3) is 1.48. The highest BCUT2D eigenvalue weighted by Gasteiger charge is 2.02. The van der Waals surface area contributed by atoms with Crippen LogP contribution in [0.5, 0.6) is 0 Å². The van der Waals surface area contributed by atoms with Gasteiger partial charge >= 0.3 is 0 Å². The summed E-state index contributed by atoms with van der Waals surface area (Å²) in [5.41, 5.74) is 0. The zero-order chi connectivity index (χ0) is 11.0. The van der Waals surface area contributed by atoms with Gasteiger partial charge in [0.2, 0.25) is 0 Å². The molecule has 1 aromatic heterocycles. The molecular formula is C14H13P. The third-order valence-electron chi connectivity index (χ3n) is 2.62. The highest BCUT2D eigenvalue weighted by Crippen LogP contribution is 2.26. The number of hydrogen-bond acceptors (Lipinski definition) is 0. The third-order valence-corrected chi connectivity index (χ3v) is 5.05. The smallest absolute Gasteiger partial charge is 0.00100 e. The second-order valence-corrected chi connectivity index (χ2v) is 5.79. The zero-order valence-electron chi connectivity index (χ0n) is 8.66. The fourth-order valence-corrected chi connectivity index (χ4v) is 3.90. The van der Waals surface area contributed by atoms with Crippen molar-refractivity contribution in [3.8, 4) is 5.30 Å². The maximum Gasteiger partial charge on any atom is -0.00100 e. The van der Waals surface area contributed by atoms with Gasteiger partial charge in [-0.15, -0.1) is 0 Å². The molecule has 0 bridgehead atoms. The van der Waals surface area contributed by atoms with E-state index in [1.54, 1.807) is 0 Å². The summed E-state index contributed by atoms with van der Waals surface area (Å²) >= 11 is 0. The van der Waals surface area contributed by atoms with Crippen LogP contribution in [0.3, 0.4) is 0 Å². The maximum absolute atomic E-state index is 4.10. The van der Waals surface area contributed by atoms with Gasteiger partial charge in [-0.1, -0.05) is 64.2 Å². The summed E-state index contributed by atoms with van der Waals surface area (Å²) in [6, 6.07) is 10.3. The summed E-state index contributed by atoms with van der Waals surface area (Å²) in [7, 11) is -0.529. The van der Waals surface area contributed by atoms with Gasteiger partial charge in [0.1, 0.15) is 0 Å². The Balaban J connectivity index is 2.94. The lowest BCUT2D eigenvalue weighted by Crippen LogP contribution is -2.33. The van der Waals surface area contributed by atoms with Crippen LogP contribution in [0, 0.1) is 0 Å². The molecule has 1 aromatic carbocycles. The molecule has 0 aliphatic carbocycles. The minimum atomic E-state index is -0.529. The van der Waals surface area contributed by atoms with Gasteiger partial charge in [0, 0.05) is 0 Å². The lowest BCUT2D eigenvalue weighted by atomic mass is 10.4. The van der Waals surface area contributed by atoms with Gasteiger partial charge in [0.05, 0.1) is 0 Å². The van der Waals surface area contributed by atoms with Crippen molar-refractivity contribution in [3.63, 3.8) is 0 Å². The molecule has 0 unspecified atom stereocenters. The van der Waals surface area contributed by atoms with E-state index >= 15 is 0 Å². The minimum absolute atomic E-state index is 0.529. The van der Waals surface area contributed by atoms with Crippen LogP contribution in [-0.2, 0) is 0 Å². The monoisotopic (exact) mass is 212 g/mol. The Morgan fingerprint density at radius 1 is 0.733 bits per heavy atom. The Kier molecular flexibility index (Phi) is 2.38. The van der Waals surface area contributed by atoms with Crippen LogP contribution >= 0.6 is 7.53 Å².